The smallest absolute Gasteiger partial charge is 0.445 e. The van der Waals surface area contributed by atoms with E-state index in [2.05, 4.69) is 0 Å². The normalized spacial score (nSPS) is 16.1. The van der Waals surface area contributed by atoms with E-state index in [0.29, 0.717) is 12.0 Å². The summed E-state index contributed by atoms with van der Waals surface area (Å²) in [7, 11) is 0. The lowest BCUT2D eigenvalue weighted by molar-refractivity contribution is 0.0531. The lowest BCUT2D eigenvalue weighted by atomic mass is 9.79. The summed E-state index contributed by atoms with van der Waals surface area (Å²) in [4.78, 5) is 0. The van der Waals surface area contributed by atoms with E-state index < -0.39 is 18.0 Å². The van der Waals surface area contributed by atoms with Crippen molar-refractivity contribution in [2.45, 2.75) is 25.9 Å². The summed E-state index contributed by atoms with van der Waals surface area (Å²) in [6, 6.07) is 4.68. The number of hydrogen-bond donors (Lipinski definition) is 1. The van der Waals surface area contributed by atoms with Crippen molar-refractivity contribution in [2.75, 3.05) is 0 Å². The van der Waals surface area contributed by atoms with Crippen LogP contribution >= 0.6 is 0 Å². The van der Waals surface area contributed by atoms with Crippen LogP contribution in [-0.4, -0.2) is 12.1 Å². The molecule has 0 aromatic heterocycles. The quantitative estimate of drug-likeness (QED) is 0.770. The van der Waals surface area contributed by atoms with Gasteiger partial charge in [0.05, 0.1) is 5.60 Å². The van der Waals surface area contributed by atoms with E-state index in [1.165, 1.54) is 12.1 Å². The molecular formula is C10H13BF3O-. The second-order valence-electron chi connectivity index (χ2n) is 3.82. The van der Waals surface area contributed by atoms with Crippen molar-refractivity contribution < 1.29 is 18.1 Å². The molecule has 0 saturated heterocycles. The van der Waals surface area contributed by atoms with Crippen LogP contribution in [0.1, 0.15) is 25.8 Å². The zero-order chi connectivity index (χ0) is 11.7. The molecule has 1 N–H and O–H groups in total. The van der Waals surface area contributed by atoms with Gasteiger partial charge in [-0.05, 0) is 18.9 Å². The fraction of sp³-hybridized carbons (Fsp3) is 0.400. The van der Waals surface area contributed by atoms with Gasteiger partial charge >= 0.3 is 6.98 Å². The Hall–Kier alpha value is -0.965. The van der Waals surface area contributed by atoms with Crippen molar-refractivity contribution in [3.8, 4) is 0 Å². The summed E-state index contributed by atoms with van der Waals surface area (Å²) in [5.41, 5.74) is -1.18. The van der Waals surface area contributed by atoms with E-state index in [9.17, 15) is 18.1 Å². The topological polar surface area (TPSA) is 20.2 Å². The van der Waals surface area contributed by atoms with Gasteiger partial charge in [-0.25, -0.2) is 0 Å². The van der Waals surface area contributed by atoms with Crippen LogP contribution in [-0.2, 0) is 5.60 Å². The number of halogens is 3. The van der Waals surface area contributed by atoms with Crippen molar-refractivity contribution in [3.05, 3.63) is 29.8 Å². The molecular weight excluding hydrogens is 204 g/mol. The summed E-state index contributed by atoms with van der Waals surface area (Å²) in [6.07, 6.45) is 0.462. The van der Waals surface area contributed by atoms with Crippen LogP contribution < -0.4 is 5.46 Å². The molecule has 0 spiro atoms. The summed E-state index contributed by atoms with van der Waals surface area (Å²) >= 11 is 0. The highest BCUT2D eigenvalue weighted by Gasteiger charge is 2.26. The van der Waals surface area contributed by atoms with Gasteiger partial charge < -0.3 is 18.1 Å². The Labute approximate surface area is 87.0 Å². The number of benzene rings is 1. The van der Waals surface area contributed by atoms with E-state index >= 15 is 0 Å². The van der Waals surface area contributed by atoms with Crippen LogP contribution in [0.25, 0.3) is 0 Å². The van der Waals surface area contributed by atoms with Gasteiger partial charge in [0, 0.05) is 0 Å². The molecule has 0 radical (unpaired) electrons. The lowest BCUT2D eigenvalue weighted by Gasteiger charge is -2.23. The van der Waals surface area contributed by atoms with Gasteiger partial charge in [-0.1, -0.05) is 31.2 Å². The van der Waals surface area contributed by atoms with Crippen LogP contribution in [0.2, 0.25) is 0 Å². The monoisotopic (exact) mass is 217 g/mol. The fourth-order valence-electron chi connectivity index (χ4n) is 1.26. The van der Waals surface area contributed by atoms with Gasteiger partial charge in [-0.15, -0.1) is 5.46 Å². The molecule has 0 fully saturated rings. The van der Waals surface area contributed by atoms with E-state index in [1.807, 2.05) is 0 Å². The molecule has 0 heterocycles. The summed E-state index contributed by atoms with van der Waals surface area (Å²) < 4.78 is 36.9. The van der Waals surface area contributed by atoms with Gasteiger partial charge in [0.15, 0.2) is 0 Å². The van der Waals surface area contributed by atoms with Crippen LogP contribution in [0.5, 0.6) is 0 Å². The molecule has 1 aromatic rings. The van der Waals surface area contributed by atoms with Crippen LogP contribution in [0.4, 0.5) is 12.9 Å². The van der Waals surface area contributed by atoms with Crippen molar-refractivity contribution in [2.24, 2.45) is 0 Å². The SMILES string of the molecule is CCC(C)(O)c1ccc([B-](F)(F)F)cc1. The Morgan fingerprint density at radius 3 is 2.00 bits per heavy atom. The second kappa shape index (κ2) is 3.89. The van der Waals surface area contributed by atoms with Gasteiger partial charge in [0.25, 0.3) is 0 Å². The molecule has 0 aliphatic rings. The average molecular weight is 217 g/mol. The van der Waals surface area contributed by atoms with Crippen molar-refractivity contribution in [3.63, 3.8) is 0 Å². The lowest BCUT2D eigenvalue weighted by Crippen LogP contribution is -2.34. The molecule has 0 aliphatic carbocycles. The molecule has 0 amide bonds. The molecule has 5 heteroatoms. The van der Waals surface area contributed by atoms with Gasteiger partial charge in [-0.3, -0.25) is 0 Å². The number of aliphatic hydroxyl groups is 1. The predicted octanol–water partition coefficient (Wildman–Crippen LogP) is 2.36. The van der Waals surface area contributed by atoms with E-state index in [4.69, 9.17) is 0 Å². The van der Waals surface area contributed by atoms with Gasteiger partial charge in [0.1, 0.15) is 0 Å². The minimum atomic E-state index is -4.95. The van der Waals surface area contributed by atoms with Crippen molar-refractivity contribution in [1.82, 2.24) is 0 Å². The molecule has 1 atom stereocenters. The second-order valence-corrected chi connectivity index (χ2v) is 3.82. The third-order valence-corrected chi connectivity index (χ3v) is 2.60. The first-order valence-corrected chi connectivity index (χ1v) is 4.80. The van der Waals surface area contributed by atoms with Crippen molar-refractivity contribution >= 4 is 12.4 Å². The Bertz CT molecular complexity index is 330. The first-order chi connectivity index (χ1) is 6.77. The maximum absolute atomic E-state index is 12.3. The Morgan fingerprint density at radius 2 is 1.67 bits per heavy atom. The molecule has 1 unspecified atom stereocenters. The molecule has 0 aliphatic heterocycles. The van der Waals surface area contributed by atoms with Gasteiger partial charge in [0.2, 0.25) is 0 Å². The molecule has 1 rings (SSSR count). The average Bonchev–Trinajstić information content (AvgIpc) is 2.17. The Balaban J connectivity index is 3.01. The number of hydrogen-bond acceptors (Lipinski definition) is 1. The zero-order valence-electron chi connectivity index (χ0n) is 8.67. The third-order valence-electron chi connectivity index (χ3n) is 2.60. The standard InChI is InChI=1S/C10H13BF3O/c1-3-10(2,15)8-4-6-9(7-5-8)11(12,13)14/h4-7,15H,3H2,1-2H3/q-1. The predicted molar refractivity (Wildman–Crippen MR) is 55.0 cm³/mol. The molecule has 0 bridgehead atoms. The first-order valence-electron chi connectivity index (χ1n) is 4.80. The van der Waals surface area contributed by atoms with Gasteiger partial charge in [-0.2, -0.15) is 0 Å². The maximum atomic E-state index is 12.3. The molecule has 84 valence electrons. The van der Waals surface area contributed by atoms with E-state index in [-0.39, 0.29) is 0 Å². The van der Waals surface area contributed by atoms with Crippen LogP contribution in [0.15, 0.2) is 24.3 Å². The highest BCUT2D eigenvalue weighted by atomic mass is 19.4. The number of rotatable bonds is 3. The zero-order valence-corrected chi connectivity index (χ0v) is 8.67. The third kappa shape index (κ3) is 2.75. The minimum Gasteiger partial charge on any atom is -0.445 e. The van der Waals surface area contributed by atoms with Crippen LogP contribution in [0, 0.1) is 0 Å². The van der Waals surface area contributed by atoms with Crippen molar-refractivity contribution in [1.29, 1.82) is 0 Å². The summed E-state index contributed by atoms with van der Waals surface area (Å²) in [6.45, 7) is -1.58. The van der Waals surface area contributed by atoms with E-state index in [1.54, 1.807) is 13.8 Å². The Kier molecular flexibility index (Phi) is 3.14. The highest BCUT2D eigenvalue weighted by Crippen LogP contribution is 2.23. The maximum Gasteiger partial charge on any atom is 0.509 e. The fourth-order valence-corrected chi connectivity index (χ4v) is 1.26. The molecule has 15 heavy (non-hydrogen) atoms. The highest BCUT2D eigenvalue weighted by molar-refractivity contribution is 6.73. The largest absolute Gasteiger partial charge is 0.509 e. The molecule has 1 nitrogen and oxygen atoms in total. The Morgan fingerprint density at radius 1 is 1.20 bits per heavy atom. The summed E-state index contributed by atoms with van der Waals surface area (Å²) in [5.74, 6) is 0. The molecule has 1 aromatic carbocycles. The van der Waals surface area contributed by atoms with E-state index in [0.717, 1.165) is 12.1 Å². The first kappa shape index (κ1) is 12.1. The minimum absolute atomic E-state index is 0.462. The molecule has 0 saturated carbocycles. The summed E-state index contributed by atoms with van der Waals surface area (Å²) in [5, 5.41) is 9.81. The van der Waals surface area contributed by atoms with Crippen LogP contribution in [0.3, 0.4) is 0 Å².